The van der Waals surface area contributed by atoms with E-state index in [0.29, 0.717) is 11.3 Å². The maximum absolute atomic E-state index is 13.6. The van der Waals surface area contributed by atoms with Gasteiger partial charge in [-0.15, -0.1) is 0 Å². The predicted octanol–water partition coefficient (Wildman–Crippen LogP) is 1.75. The molecule has 8 heteroatoms. The average molecular weight is 365 g/mol. The summed E-state index contributed by atoms with van der Waals surface area (Å²) in [5, 5.41) is 2.55. The van der Waals surface area contributed by atoms with Crippen LogP contribution < -0.4 is 9.62 Å². The number of para-hydroxylation sites is 1. The molecule has 0 saturated carbocycles. The van der Waals surface area contributed by atoms with Gasteiger partial charge in [0.25, 0.3) is 0 Å². The van der Waals surface area contributed by atoms with Crippen LogP contribution in [-0.2, 0) is 21.5 Å². The largest absolute Gasteiger partial charge is 0.350 e. The summed E-state index contributed by atoms with van der Waals surface area (Å²) >= 11 is 0. The topological polar surface area (TPSA) is 69.7 Å². The second-order valence-electron chi connectivity index (χ2n) is 5.50. The van der Waals surface area contributed by atoms with Gasteiger partial charge in [0.15, 0.2) is 0 Å². The third-order valence-electron chi connectivity index (χ3n) is 3.51. The zero-order valence-corrected chi connectivity index (χ0v) is 14.8. The number of benzene rings is 2. The van der Waals surface area contributed by atoms with E-state index in [1.807, 2.05) is 0 Å². The number of nitrogens with one attached hydrogen (secondary N) is 1. The van der Waals surface area contributed by atoms with E-state index in [-0.39, 0.29) is 6.54 Å². The van der Waals surface area contributed by atoms with Gasteiger partial charge in [-0.25, -0.2) is 8.70 Å². The van der Waals surface area contributed by atoms with Crippen LogP contribution in [0.5, 0.6) is 0 Å². The second kappa shape index (κ2) is 8.09. The Bertz CT molecular complexity index is 826. The predicted molar refractivity (Wildman–Crippen MR) is 94.6 cm³/mol. The zero-order valence-electron chi connectivity index (χ0n) is 14.0. The number of hydrogen-bond donors (Lipinski definition) is 1. The van der Waals surface area contributed by atoms with E-state index in [1.54, 1.807) is 48.5 Å². The molecule has 2 aromatic carbocycles. The molecular weight excluding hydrogens is 345 g/mol. The van der Waals surface area contributed by atoms with Gasteiger partial charge in [-0.05, 0) is 18.2 Å². The molecule has 0 aromatic heterocycles. The molecule has 0 unspecified atom stereocenters. The lowest BCUT2D eigenvalue weighted by Crippen LogP contribution is -2.45. The molecule has 0 aliphatic heterocycles. The van der Waals surface area contributed by atoms with Crippen molar-refractivity contribution in [2.45, 2.75) is 6.54 Å². The minimum Gasteiger partial charge on any atom is -0.350 e. The minimum absolute atomic E-state index is 0.0177. The standard InChI is InChI=1S/C17H20FN3O3S/c1-20(2)25(23,24)21(15-9-4-3-5-10-15)13-17(22)19-12-14-8-6-7-11-16(14)18/h3-11H,12-13H2,1-2H3,(H,19,22). The smallest absolute Gasteiger partial charge is 0.304 e. The highest BCUT2D eigenvalue weighted by atomic mass is 32.2. The van der Waals surface area contributed by atoms with Gasteiger partial charge in [-0.3, -0.25) is 4.79 Å². The molecule has 2 aromatic rings. The first-order chi connectivity index (χ1) is 11.8. The van der Waals surface area contributed by atoms with Crippen molar-refractivity contribution >= 4 is 21.8 Å². The highest BCUT2D eigenvalue weighted by molar-refractivity contribution is 7.90. The van der Waals surface area contributed by atoms with E-state index in [4.69, 9.17) is 0 Å². The van der Waals surface area contributed by atoms with Crippen molar-refractivity contribution in [3.63, 3.8) is 0 Å². The van der Waals surface area contributed by atoms with Crippen LogP contribution in [-0.4, -0.2) is 39.3 Å². The molecule has 6 nitrogen and oxygen atoms in total. The molecule has 0 radical (unpaired) electrons. The van der Waals surface area contributed by atoms with Crippen LogP contribution in [0.4, 0.5) is 10.1 Å². The third-order valence-corrected chi connectivity index (χ3v) is 5.32. The van der Waals surface area contributed by atoms with Crippen molar-refractivity contribution in [1.82, 2.24) is 9.62 Å². The Hall–Kier alpha value is -2.45. The Morgan fingerprint density at radius 1 is 1.04 bits per heavy atom. The molecule has 1 amide bonds. The molecule has 0 saturated heterocycles. The van der Waals surface area contributed by atoms with Crippen LogP contribution >= 0.6 is 0 Å². The normalized spacial score (nSPS) is 11.4. The van der Waals surface area contributed by atoms with Crippen LogP contribution in [0.2, 0.25) is 0 Å². The fourth-order valence-corrected chi connectivity index (χ4v) is 3.18. The third kappa shape index (κ3) is 4.77. The van der Waals surface area contributed by atoms with E-state index in [1.165, 1.54) is 20.2 Å². The quantitative estimate of drug-likeness (QED) is 0.813. The molecule has 2 rings (SSSR count). The van der Waals surface area contributed by atoms with E-state index < -0.39 is 28.5 Å². The number of halogens is 1. The van der Waals surface area contributed by atoms with Gasteiger partial charge in [0, 0.05) is 26.2 Å². The number of carbonyl (C=O) groups is 1. The van der Waals surface area contributed by atoms with Gasteiger partial charge in [0.1, 0.15) is 12.4 Å². The summed E-state index contributed by atoms with van der Waals surface area (Å²) in [6.07, 6.45) is 0. The maximum atomic E-state index is 13.6. The number of anilines is 1. The fraction of sp³-hybridized carbons (Fsp3) is 0.235. The molecule has 134 valence electrons. The molecule has 0 bridgehead atoms. The highest BCUT2D eigenvalue weighted by Crippen LogP contribution is 2.18. The summed E-state index contributed by atoms with van der Waals surface area (Å²) in [4.78, 5) is 12.2. The number of rotatable bonds is 7. The number of carbonyl (C=O) groups excluding carboxylic acids is 1. The zero-order chi connectivity index (χ0) is 18.4. The van der Waals surface area contributed by atoms with Gasteiger partial charge < -0.3 is 5.32 Å². The monoisotopic (exact) mass is 365 g/mol. The summed E-state index contributed by atoms with van der Waals surface area (Å²) in [6.45, 7) is -0.422. The Morgan fingerprint density at radius 3 is 2.24 bits per heavy atom. The average Bonchev–Trinajstić information content (AvgIpc) is 2.59. The number of nitrogens with zero attached hydrogens (tertiary/aromatic N) is 2. The Balaban J connectivity index is 2.14. The molecule has 0 aliphatic carbocycles. The molecule has 0 aliphatic rings. The van der Waals surface area contributed by atoms with Gasteiger partial charge in [-0.2, -0.15) is 12.7 Å². The van der Waals surface area contributed by atoms with E-state index in [9.17, 15) is 17.6 Å². The number of hydrogen-bond acceptors (Lipinski definition) is 3. The van der Waals surface area contributed by atoms with Gasteiger partial charge in [0.2, 0.25) is 5.91 Å². The molecule has 0 fully saturated rings. The van der Waals surface area contributed by atoms with Crippen LogP contribution in [0.15, 0.2) is 54.6 Å². The van der Waals surface area contributed by atoms with Crippen molar-refractivity contribution < 1.29 is 17.6 Å². The molecule has 1 N–H and O–H groups in total. The van der Waals surface area contributed by atoms with Crippen LogP contribution in [0.1, 0.15) is 5.56 Å². The van der Waals surface area contributed by atoms with Gasteiger partial charge >= 0.3 is 10.2 Å². The molecule has 0 spiro atoms. The van der Waals surface area contributed by atoms with Crippen molar-refractivity contribution in [1.29, 1.82) is 0 Å². The Kier molecular flexibility index (Phi) is 6.11. The van der Waals surface area contributed by atoms with Crippen LogP contribution in [0.25, 0.3) is 0 Å². The summed E-state index contributed by atoms with van der Waals surface area (Å²) in [5.74, 6) is -0.957. The van der Waals surface area contributed by atoms with E-state index >= 15 is 0 Å². The molecular formula is C17H20FN3O3S. The minimum atomic E-state index is -3.85. The summed E-state index contributed by atoms with van der Waals surface area (Å²) in [7, 11) is -1.06. The number of amides is 1. The van der Waals surface area contributed by atoms with Gasteiger partial charge in [0.05, 0.1) is 5.69 Å². The highest BCUT2D eigenvalue weighted by Gasteiger charge is 2.27. The first kappa shape index (κ1) is 18.9. The Morgan fingerprint density at radius 2 is 1.64 bits per heavy atom. The van der Waals surface area contributed by atoms with Crippen LogP contribution in [0, 0.1) is 5.82 Å². The van der Waals surface area contributed by atoms with E-state index in [2.05, 4.69) is 5.32 Å². The van der Waals surface area contributed by atoms with Crippen molar-refractivity contribution in [2.24, 2.45) is 0 Å². The Labute approximate surface area is 147 Å². The lowest BCUT2D eigenvalue weighted by Gasteiger charge is -2.26. The van der Waals surface area contributed by atoms with E-state index in [0.717, 1.165) is 8.61 Å². The summed E-state index contributed by atoms with van der Waals surface area (Å²) < 4.78 is 40.6. The lowest BCUT2D eigenvalue weighted by atomic mass is 10.2. The van der Waals surface area contributed by atoms with Crippen molar-refractivity contribution in [3.8, 4) is 0 Å². The van der Waals surface area contributed by atoms with Gasteiger partial charge in [-0.1, -0.05) is 36.4 Å². The first-order valence-corrected chi connectivity index (χ1v) is 8.97. The molecule has 0 atom stereocenters. The lowest BCUT2D eigenvalue weighted by molar-refractivity contribution is -0.119. The molecule has 0 heterocycles. The van der Waals surface area contributed by atoms with Crippen molar-refractivity contribution in [2.75, 3.05) is 24.9 Å². The SMILES string of the molecule is CN(C)S(=O)(=O)N(CC(=O)NCc1ccccc1F)c1ccccc1. The second-order valence-corrected chi connectivity index (χ2v) is 7.57. The van der Waals surface area contributed by atoms with Crippen LogP contribution in [0.3, 0.4) is 0 Å². The van der Waals surface area contributed by atoms with Crippen molar-refractivity contribution in [3.05, 3.63) is 66.0 Å². The first-order valence-electron chi connectivity index (χ1n) is 7.57. The fourth-order valence-electron chi connectivity index (χ4n) is 2.12. The molecule has 25 heavy (non-hydrogen) atoms. The maximum Gasteiger partial charge on any atom is 0.304 e. The summed E-state index contributed by atoms with van der Waals surface area (Å²) in [5.41, 5.74) is 0.704. The summed E-state index contributed by atoms with van der Waals surface area (Å²) in [6, 6.07) is 14.4.